The highest BCUT2D eigenvalue weighted by atomic mass is 16.5. The third kappa shape index (κ3) is 1.58. The quantitative estimate of drug-likeness (QED) is 0.752. The first kappa shape index (κ1) is 10.0. The molecule has 0 amide bonds. The summed E-state index contributed by atoms with van der Waals surface area (Å²) < 4.78 is 7.45. The van der Waals surface area contributed by atoms with Gasteiger partial charge in [-0.3, -0.25) is 0 Å². The summed E-state index contributed by atoms with van der Waals surface area (Å²) in [6.07, 6.45) is 0. The molecule has 2 aromatic rings. The molecule has 0 aliphatic rings. The minimum absolute atomic E-state index is 0.419. The first-order valence-corrected chi connectivity index (χ1v) is 5.16. The Hall–Kier alpha value is -1.51. The summed E-state index contributed by atoms with van der Waals surface area (Å²) in [6, 6.07) is 6.40. The van der Waals surface area contributed by atoms with Gasteiger partial charge in [0.1, 0.15) is 11.6 Å². The van der Waals surface area contributed by atoms with Crippen molar-refractivity contribution < 1.29 is 4.74 Å². The molecule has 0 unspecified atom stereocenters. The zero-order chi connectivity index (χ0) is 11.0. The van der Waals surface area contributed by atoms with Crippen LogP contribution in [0.15, 0.2) is 18.2 Å². The SMILES string of the molecule is COc1ccc2nc(C)n(C(C)C)c2c1. The highest BCUT2D eigenvalue weighted by molar-refractivity contribution is 5.78. The molecule has 0 saturated heterocycles. The van der Waals surface area contributed by atoms with Gasteiger partial charge in [-0.25, -0.2) is 4.98 Å². The van der Waals surface area contributed by atoms with Crippen LogP contribution in [0.1, 0.15) is 25.7 Å². The van der Waals surface area contributed by atoms with Crippen molar-refractivity contribution in [2.45, 2.75) is 26.8 Å². The summed E-state index contributed by atoms with van der Waals surface area (Å²) in [4.78, 5) is 4.52. The van der Waals surface area contributed by atoms with Gasteiger partial charge in [0.05, 0.1) is 18.1 Å². The highest BCUT2D eigenvalue weighted by Gasteiger charge is 2.10. The number of imidazole rings is 1. The first-order valence-electron chi connectivity index (χ1n) is 5.16. The van der Waals surface area contributed by atoms with Gasteiger partial charge in [0, 0.05) is 12.1 Å². The third-order valence-corrected chi connectivity index (χ3v) is 2.59. The fraction of sp³-hybridized carbons (Fsp3) is 0.417. The number of benzene rings is 1. The molecule has 0 fully saturated rings. The first-order chi connectivity index (χ1) is 7.13. The molecule has 0 spiro atoms. The Morgan fingerprint density at radius 1 is 1.33 bits per heavy atom. The Balaban J connectivity index is 2.72. The van der Waals surface area contributed by atoms with E-state index in [1.807, 2.05) is 25.1 Å². The normalized spacial score (nSPS) is 11.3. The van der Waals surface area contributed by atoms with E-state index in [9.17, 15) is 0 Å². The van der Waals surface area contributed by atoms with E-state index in [1.165, 1.54) is 0 Å². The van der Waals surface area contributed by atoms with Gasteiger partial charge in [-0.1, -0.05) is 0 Å². The second-order valence-electron chi connectivity index (χ2n) is 3.98. The molecule has 0 aliphatic carbocycles. The number of ether oxygens (including phenoxy) is 1. The van der Waals surface area contributed by atoms with E-state index in [0.717, 1.165) is 22.6 Å². The van der Waals surface area contributed by atoms with Gasteiger partial charge in [-0.2, -0.15) is 0 Å². The summed E-state index contributed by atoms with van der Waals surface area (Å²) in [7, 11) is 1.68. The van der Waals surface area contributed by atoms with Crippen molar-refractivity contribution in [1.82, 2.24) is 9.55 Å². The van der Waals surface area contributed by atoms with E-state index in [2.05, 4.69) is 23.4 Å². The van der Waals surface area contributed by atoms with Crippen LogP contribution >= 0.6 is 0 Å². The van der Waals surface area contributed by atoms with E-state index in [1.54, 1.807) is 7.11 Å². The number of fused-ring (bicyclic) bond motifs is 1. The van der Waals surface area contributed by atoms with Crippen LogP contribution in [0.3, 0.4) is 0 Å². The van der Waals surface area contributed by atoms with E-state index >= 15 is 0 Å². The summed E-state index contributed by atoms with van der Waals surface area (Å²) in [5.41, 5.74) is 2.17. The zero-order valence-electron chi connectivity index (χ0n) is 9.61. The molecule has 1 aromatic heterocycles. The Labute approximate surface area is 89.7 Å². The molecule has 0 radical (unpaired) electrons. The van der Waals surface area contributed by atoms with Crippen molar-refractivity contribution in [2.24, 2.45) is 0 Å². The molecule has 80 valence electrons. The molecule has 1 aromatic carbocycles. The van der Waals surface area contributed by atoms with Crippen LogP contribution in [0, 0.1) is 6.92 Å². The molecule has 0 aliphatic heterocycles. The smallest absolute Gasteiger partial charge is 0.121 e. The molecule has 0 saturated carbocycles. The Bertz CT molecular complexity index is 486. The predicted molar refractivity (Wildman–Crippen MR) is 61.4 cm³/mol. The lowest BCUT2D eigenvalue weighted by atomic mass is 10.2. The minimum Gasteiger partial charge on any atom is -0.497 e. The average Bonchev–Trinajstić information content (AvgIpc) is 2.52. The van der Waals surface area contributed by atoms with Gasteiger partial charge in [-0.15, -0.1) is 0 Å². The van der Waals surface area contributed by atoms with Gasteiger partial charge in [0.15, 0.2) is 0 Å². The number of aryl methyl sites for hydroxylation is 1. The fourth-order valence-electron chi connectivity index (χ4n) is 1.97. The Kier molecular flexibility index (Phi) is 2.39. The van der Waals surface area contributed by atoms with Crippen molar-refractivity contribution in [3.05, 3.63) is 24.0 Å². The maximum atomic E-state index is 5.23. The number of aromatic nitrogens is 2. The van der Waals surface area contributed by atoms with Crippen molar-refractivity contribution in [1.29, 1.82) is 0 Å². The number of hydrogen-bond acceptors (Lipinski definition) is 2. The zero-order valence-corrected chi connectivity index (χ0v) is 9.61. The van der Waals surface area contributed by atoms with Crippen LogP contribution in [-0.2, 0) is 0 Å². The Morgan fingerprint density at radius 3 is 2.67 bits per heavy atom. The van der Waals surface area contributed by atoms with Crippen LogP contribution in [0.25, 0.3) is 11.0 Å². The minimum atomic E-state index is 0.419. The lowest BCUT2D eigenvalue weighted by molar-refractivity contribution is 0.415. The van der Waals surface area contributed by atoms with Crippen molar-refractivity contribution in [3.63, 3.8) is 0 Å². The number of rotatable bonds is 2. The number of hydrogen-bond donors (Lipinski definition) is 0. The molecule has 2 rings (SSSR count). The highest BCUT2D eigenvalue weighted by Crippen LogP contribution is 2.24. The van der Waals surface area contributed by atoms with E-state index < -0.39 is 0 Å². The van der Waals surface area contributed by atoms with Crippen LogP contribution in [0.5, 0.6) is 5.75 Å². The van der Waals surface area contributed by atoms with Crippen molar-refractivity contribution in [3.8, 4) is 5.75 Å². The molecule has 0 N–H and O–H groups in total. The van der Waals surface area contributed by atoms with Crippen LogP contribution in [-0.4, -0.2) is 16.7 Å². The third-order valence-electron chi connectivity index (χ3n) is 2.59. The average molecular weight is 204 g/mol. The molecule has 3 nitrogen and oxygen atoms in total. The molecule has 15 heavy (non-hydrogen) atoms. The molecule has 0 bridgehead atoms. The standard InChI is InChI=1S/C12H16N2O/c1-8(2)14-9(3)13-11-6-5-10(15-4)7-12(11)14/h5-8H,1-4H3. The van der Waals surface area contributed by atoms with Crippen LogP contribution in [0.4, 0.5) is 0 Å². The maximum absolute atomic E-state index is 5.23. The van der Waals surface area contributed by atoms with Crippen molar-refractivity contribution >= 4 is 11.0 Å². The van der Waals surface area contributed by atoms with E-state index in [-0.39, 0.29) is 0 Å². The van der Waals surface area contributed by atoms with Gasteiger partial charge >= 0.3 is 0 Å². The van der Waals surface area contributed by atoms with Crippen molar-refractivity contribution in [2.75, 3.05) is 7.11 Å². The van der Waals surface area contributed by atoms with Crippen LogP contribution < -0.4 is 4.74 Å². The lowest BCUT2D eigenvalue weighted by Crippen LogP contribution is -2.02. The Morgan fingerprint density at radius 2 is 2.07 bits per heavy atom. The van der Waals surface area contributed by atoms with Gasteiger partial charge < -0.3 is 9.30 Å². The van der Waals surface area contributed by atoms with E-state index in [0.29, 0.717) is 6.04 Å². The largest absolute Gasteiger partial charge is 0.497 e. The second-order valence-corrected chi connectivity index (χ2v) is 3.98. The van der Waals surface area contributed by atoms with Crippen LogP contribution in [0.2, 0.25) is 0 Å². The molecular formula is C12H16N2O. The fourth-order valence-corrected chi connectivity index (χ4v) is 1.97. The summed E-state index contributed by atoms with van der Waals surface area (Å²) >= 11 is 0. The molecule has 3 heteroatoms. The summed E-state index contributed by atoms with van der Waals surface area (Å²) in [5, 5.41) is 0. The predicted octanol–water partition coefficient (Wildman–Crippen LogP) is 2.93. The summed E-state index contributed by atoms with van der Waals surface area (Å²) in [6.45, 7) is 6.35. The monoisotopic (exact) mass is 204 g/mol. The van der Waals surface area contributed by atoms with E-state index in [4.69, 9.17) is 4.74 Å². The summed E-state index contributed by atoms with van der Waals surface area (Å²) in [5.74, 6) is 1.93. The van der Waals surface area contributed by atoms with Gasteiger partial charge in [0.25, 0.3) is 0 Å². The topological polar surface area (TPSA) is 27.1 Å². The molecule has 0 atom stereocenters. The maximum Gasteiger partial charge on any atom is 0.121 e. The van der Waals surface area contributed by atoms with Gasteiger partial charge in [-0.05, 0) is 32.9 Å². The molecule has 1 heterocycles. The molecular weight excluding hydrogens is 188 g/mol. The lowest BCUT2D eigenvalue weighted by Gasteiger charge is -2.11. The number of methoxy groups -OCH3 is 1. The van der Waals surface area contributed by atoms with Gasteiger partial charge in [0.2, 0.25) is 0 Å². The number of nitrogens with zero attached hydrogens (tertiary/aromatic N) is 2. The second kappa shape index (κ2) is 3.57.